The second kappa shape index (κ2) is 3.95. The van der Waals surface area contributed by atoms with Crippen LogP contribution >= 0.6 is 0 Å². The first-order valence-electron chi connectivity index (χ1n) is 4.34. The Balaban J connectivity index is 3.07. The summed E-state index contributed by atoms with van der Waals surface area (Å²) in [5, 5.41) is 8.59. The molecule has 0 aliphatic carbocycles. The molecule has 2 heteroatoms. The molecule has 0 saturated carbocycles. The molecule has 2 nitrogen and oxygen atoms in total. The summed E-state index contributed by atoms with van der Waals surface area (Å²) in [5.41, 5.74) is 3.50. The molecule has 0 radical (unpaired) electrons. The van der Waals surface area contributed by atoms with Crippen LogP contribution in [0.4, 0.5) is 0 Å². The van der Waals surface area contributed by atoms with E-state index in [0.717, 1.165) is 12.1 Å². The third kappa shape index (κ3) is 1.81. The number of allylic oxidation sites excluding steroid dienone is 1. The zero-order valence-electron chi connectivity index (χ0n) is 8.17. The van der Waals surface area contributed by atoms with Gasteiger partial charge in [-0.25, -0.2) is 0 Å². The van der Waals surface area contributed by atoms with E-state index in [1.807, 2.05) is 13.0 Å². The lowest BCUT2D eigenvalue weighted by atomic mass is 10.2. The second-order valence-corrected chi connectivity index (χ2v) is 3.13. The summed E-state index contributed by atoms with van der Waals surface area (Å²) >= 11 is 0. The SMILES string of the molecule is C=CCn1c(C)cc(CC#N)c1C. The van der Waals surface area contributed by atoms with Crippen LogP contribution in [0.1, 0.15) is 17.0 Å². The summed E-state index contributed by atoms with van der Waals surface area (Å²) < 4.78 is 2.17. The molecule has 0 aromatic carbocycles. The average Bonchev–Trinajstić information content (AvgIpc) is 2.34. The molecule has 1 aromatic heterocycles. The molecule has 0 saturated heterocycles. The Hall–Kier alpha value is -1.49. The molecule has 1 rings (SSSR count). The van der Waals surface area contributed by atoms with Crippen LogP contribution in [0.3, 0.4) is 0 Å². The smallest absolute Gasteiger partial charge is 0.0670 e. The maximum absolute atomic E-state index is 8.59. The fourth-order valence-electron chi connectivity index (χ4n) is 1.55. The van der Waals surface area contributed by atoms with Crippen molar-refractivity contribution >= 4 is 0 Å². The highest BCUT2D eigenvalue weighted by molar-refractivity contribution is 5.29. The van der Waals surface area contributed by atoms with Gasteiger partial charge in [-0.2, -0.15) is 5.26 Å². The third-order valence-electron chi connectivity index (χ3n) is 2.26. The molecule has 0 amide bonds. The minimum atomic E-state index is 0.497. The van der Waals surface area contributed by atoms with E-state index in [9.17, 15) is 0 Å². The summed E-state index contributed by atoms with van der Waals surface area (Å²) in [6.07, 6.45) is 2.37. The molecule has 0 atom stereocenters. The van der Waals surface area contributed by atoms with Gasteiger partial charge >= 0.3 is 0 Å². The van der Waals surface area contributed by atoms with Crippen LogP contribution < -0.4 is 0 Å². The van der Waals surface area contributed by atoms with Gasteiger partial charge in [0, 0.05) is 17.9 Å². The number of aryl methyl sites for hydroxylation is 1. The standard InChI is InChI=1S/C11H14N2/c1-4-7-13-9(2)8-11(5-6-12)10(13)3/h4,8H,1,5,7H2,2-3H3. The number of aromatic nitrogens is 1. The van der Waals surface area contributed by atoms with E-state index in [1.54, 1.807) is 0 Å². The van der Waals surface area contributed by atoms with Crippen molar-refractivity contribution in [2.24, 2.45) is 0 Å². The van der Waals surface area contributed by atoms with Crippen molar-refractivity contribution in [2.75, 3.05) is 0 Å². The number of nitriles is 1. The van der Waals surface area contributed by atoms with Crippen molar-refractivity contribution in [3.63, 3.8) is 0 Å². The third-order valence-corrected chi connectivity index (χ3v) is 2.26. The lowest BCUT2D eigenvalue weighted by Gasteiger charge is -2.05. The normalized spacial score (nSPS) is 9.62. The number of hydrogen-bond donors (Lipinski definition) is 0. The molecule has 0 aliphatic heterocycles. The van der Waals surface area contributed by atoms with E-state index in [1.165, 1.54) is 11.4 Å². The summed E-state index contributed by atoms with van der Waals surface area (Å²) in [6.45, 7) is 8.63. The maximum Gasteiger partial charge on any atom is 0.0670 e. The van der Waals surface area contributed by atoms with Crippen molar-refractivity contribution < 1.29 is 0 Å². The fourth-order valence-corrected chi connectivity index (χ4v) is 1.55. The average molecular weight is 174 g/mol. The maximum atomic E-state index is 8.59. The lowest BCUT2D eigenvalue weighted by Crippen LogP contribution is -2.00. The largest absolute Gasteiger partial charge is 0.345 e. The van der Waals surface area contributed by atoms with E-state index in [-0.39, 0.29) is 0 Å². The van der Waals surface area contributed by atoms with Crippen LogP contribution in [-0.2, 0) is 13.0 Å². The highest BCUT2D eigenvalue weighted by Crippen LogP contribution is 2.15. The van der Waals surface area contributed by atoms with Gasteiger partial charge in [0.2, 0.25) is 0 Å². The molecule has 1 heterocycles. The zero-order valence-corrected chi connectivity index (χ0v) is 8.17. The van der Waals surface area contributed by atoms with Crippen LogP contribution in [-0.4, -0.2) is 4.57 Å². The van der Waals surface area contributed by atoms with E-state index in [4.69, 9.17) is 5.26 Å². The van der Waals surface area contributed by atoms with Crippen LogP contribution in [0.15, 0.2) is 18.7 Å². The van der Waals surface area contributed by atoms with Crippen molar-refractivity contribution in [2.45, 2.75) is 26.8 Å². The summed E-state index contributed by atoms with van der Waals surface area (Å²) in [4.78, 5) is 0. The Kier molecular flexibility index (Phi) is 2.92. The minimum Gasteiger partial charge on any atom is -0.345 e. The number of nitrogens with zero attached hydrogens (tertiary/aromatic N) is 2. The van der Waals surface area contributed by atoms with Crippen LogP contribution in [0.2, 0.25) is 0 Å². The van der Waals surface area contributed by atoms with E-state index in [2.05, 4.69) is 30.2 Å². The van der Waals surface area contributed by atoms with Crippen LogP contribution in [0, 0.1) is 25.2 Å². The number of hydrogen-bond acceptors (Lipinski definition) is 1. The summed E-state index contributed by atoms with van der Waals surface area (Å²) in [6, 6.07) is 4.24. The first-order valence-corrected chi connectivity index (χ1v) is 4.34. The molecule has 13 heavy (non-hydrogen) atoms. The van der Waals surface area contributed by atoms with Gasteiger partial charge in [0.15, 0.2) is 0 Å². The van der Waals surface area contributed by atoms with Gasteiger partial charge in [-0.05, 0) is 25.5 Å². The Labute approximate surface area is 79.1 Å². The predicted molar refractivity (Wildman–Crippen MR) is 53.4 cm³/mol. The molecular formula is C11H14N2. The number of rotatable bonds is 3. The molecule has 68 valence electrons. The van der Waals surface area contributed by atoms with E-state index in [0.29, 0.717) is 6.42 Å². The van der Waals surface area contributed by atoms with Gasteiger partial charge in [0.05, 0.1) is 12.5 Å². The van der Waals surface area contributed by atoms with Crippen molar-refractivity contribution in [1.29, 1.82) is 5.26 Å². The summed E-state index contributed by atoms with van der Waals surface area (Å²) in [7, 11) is 0. The van der Waals surface area contributed by atoms with E-state index >= 15 is 0 Å². The first-order chi connectivity index (χ1) is 6.20. The van der Waals surface area contributed by atoms with E-state index < -0.39 is 0 Å². The van der Waals surface area contributed by atoms with Gasteiger partial charge in [-0.3, -0.25) is 0 Å². The van der Waals surface area contributed by atoms with Crippen LogP contribution in [0.25, 0.3) is 0 Å². The van der Waals surface area contributed by atoms with Crippen molar-refractivity contribution in [3.05, 3.63) is 35.7 Å². The fraction of sp³-hybridized carbons (Fsp3) is 0.364. The van der Waals surface area contributed by atoms with Crippen molar-refractivity contribution in [1.82, 2.24) is 4.57 Å². The van der Waals surface area contributed by atoms with Crippen LogP contribution in [0.5, 0.6) is 0 Å². The quantitative estimate of drug-likeness (QED) is 0.647. The Morgan fingerprint density at radius 2 is 2.31 bits per heavy atom. The monoisotopic (exact) mass is 174 g/mol. The van der Waals surface area contributed by atoms with Crippen molar-refractivity contribution in [3.8, 4) is 6.07 Å². The van der Waals surface area contributed by atoms with Gasteiger partial charge in [0.1, 0.15) is 0 Å². The second-order valence-electron chi connectivity index (χ2n) is 3.13. The topological polar surface area (TPSA) is 28.7 Å². The Morgan fingerprint density at radius 3 is 2.85 bits per heavy atom. The Bertz CT molecular complexity index is 353. The van der Waals surface area contributed by atoms with Gasteiger partial charge in [-0.15, -0.1) is 6.58 Å². The molecule has 0 aliphatic rings. The summed E-state index contributed by atoms with van der Waals surface area (Å²) in [5.74, 6) is 0. The lowest BCUT2D eigenvalue weighted by molar-refractivity contribution is 0.765. The van der Waals surface area contributed by atoms with Gasteiger partial charge < -0.3 is 4.57 Å². The molecule has 1 aromatic rings. The van der Waals surface area contributed by atoms with Gasteiger partial charge in [0.25, 0.3) is 0 Å². The molecule has 0 bridgehead atoms. The zero-order chi connectivity index (χ0) is 9.84. The highest BCUT2D eigenvalue weighted by atomic mass is 15.0. The molecule has 0 unspecified atom stereocenters. The molecular weight excluding hydrogens is 160 g/mol. The molecule has 0 N–H and O–H groups in total. The molecule has 0 spiro atoms. The minimum absolute atomic E-state index is 0.497. The molecule has 0 fully saturated rings. The Morgan fingerprint density at radius 1 is 1.62 bits per heavy atom. The highest BCUT2D eigenvalue weighted by Gasteiger charge is 2.06. The van der Waals surface area contributed by atoms with Gasteiger partial charge in [-0.1, -0.05) is 6.08 Å². The predicted octanol–water partition coefficient (Wildman–Crippen LogP) is 2.36. The first kappa shape index (κ1) is 9.60.